The van der Waals surface area contributed by atoms with E-state index in [2.05, 4.69) is 4.57 Å². The molecule has 0 atom stereocenters. The minimum atomic E-state index is -0.262. The van der Waals surface area contributed by atoms with E-state index in [1.165, 1.54) is 18.6 Å². The average Bonchev–Trinajstić information content (AvgIpc) is 3.36. The quantitative estimate of drug-likeness (QED) is 0.254. The summed E-state index contributed by atoms with van der Waals surface area (Å²) in [5.41, 5.74) is 2.40. The zero-order valence-corrected chi connectivity index (χ0v) is 24.1. The molecule has 1 aliphatic rings. The first-order valence-corrected chi connectivity index (χ1v) is 14.4. The van der Waals surface area contributed by atoms with E-state index in [4.69, 9.17) is 23.2 Å². The summed E-state index contributed by atoms with van der Waals surface area (Å²) in [5.74, 6) is -0.382. The predicted octanol–water partition coefficient (Wildman–Crippen LogP) is 7.44. The van der Waals surface area contributed by atoms with Gasteiger partial charge in [0.25, 0.3) is 5.91 Å². The molecule has 4 rings (SSSR count). The number of carbonyl (C=O) groups is 2. The SMILES string of the molecule is CC(C)CN(CC(=O)N(Cc1cccn1Cc1ccc(F)cc1)C1CCCCC1)C(=O)c1ccc(Cl)c(Cl)c1. The Balaban J connectivity index is 1.56. The molecule has 1 fully saturated rings. The van der Waals surface area contributed by atoms with Crippen molar-refractivity contribution in [1.29, 1.82) is 0 Å². The number of carbonyl (C=O) groups excluding carboxylic acids is 2. The van der Waals surface area contributed by atoms with Gasteiger partial charge in [-0.05, 0) is 66.8 Å². The molecule has 0 aliphatic heterocycles. The number of halogens is 3. The topological polar surface area (TPSA) is 45.6 Å². The van der Waals surface area contributed by atoms with Crippen LogP contribution in [0.5, 0.6) is 0 Å². The highest BCUT2D eigenvalue weighted by atomic mass is 35.5. The first-order valence-electron chi connectivity index (χ1n) is 13.6. The molecule has 39 heavy (non-hydrogen) atoms. The van der Waals surface area contributed by atoms with Crippen LogP contribution in [0.2, 0.25) is 10.0 Å². The van der Waals surface area contributed by atoms with Crippen LogP contribution >= 0.6 is 23.2 Å². The second-order valence-electron chi connectivity index (χ2n) is 10.8. The number of hydrogen-bond acceptors (Lipinski definition) is 2. The summed E-state index contributed by atoms with van der Waals surface area (Å²) in [4.78, 5) is 31.0. The maximum absolute atomic E-state index is 14.0. The van der Waals surface area contributed by atoms with E-state index in [0.717, 1.165) is 36.9 Å². The Labute approximate surface area is 240 Å². The molecule has 0 bridgehead atoms. The third-order valence-electron chi connectivity index (χ3n) is 7.22. The van der Waals surface area contributed by atoms with Crippen LogP contribution in [-0.4, -0.2) is 45.3 Å². The average molecular weight is 573 g/mol. The highest BCUT2D eigenvalue weighted by Crippen LogP contribution is 2.26. The third-order valence-corrected chi connectivity index (χ3v) is 7.96. The van der Waals surface area contributed by atoms with Crippen LogP contribution in [0, 0.1) is 11.7 Å². The fourth-order valence-corrected chi connectivity index (χ4v) is 5.55. The molecule has 8 heteroatoms. The molecule has 0 unspecified atom stereocenters. The zero-order chi connectivity index (χ0) is 27.9. The van der Waals surface area contributed by atoms with Crippen molar-refractivity contribution in [3.05, 3.63) is 93.5 Å². The lowest BCUT2D eigenvalue weighted by molar-refractivity contribution is -0.135. The first-order chi connectivity index (χ1) is 18.7. The van der Waals surface area contributed by atoms with Gasteiger partial charge in [0.15, 0.2) is 0 Å². The van der Waals surface area contributed by atoms with Crippen LogP contribution < -0.4 is 0 Å². The number of benzene rings is 2. The van der Waals surface area contributed by atoms with E-state index in [-0.39, 0.29) is 36.1 Å². The van der Waals surface area contributed by atoms with Gasteiger partial charge in [0, 0.05) is 36.6 Å². The Morgan fingerprint density at radius 3 is 2.38 bits per heavy atom. The standard InChI is InChI=1S/C31H36Cl2FN3O2/c1-22(2)18-36(31(39)24-12-15-28(32)29(33)17-24)21-30(38)37(26-7-4-3-5-8-26)20-27-9-6-16-35(27)19-23-10-13-25(34)14-11-23/h6,9-17,22,26H,3-5,7-8,18-21H2,1-2H3. The van der Waals surface area contributed by atoms with Crippen LogP contribution in [0.3, 0.4) is 0 Å². The Morgan fingerprint density at radius 2 is 1.72 bits per heavy atom. The highest BCUT2D eigenvalue weighted by molar-refractivity contribution is 6.42. The fraction of sp³-hybridized carbons (Fsp3) is 0.419. The van der Waals surface area contributed by atoms with Crippen molar-refractivity contribution in [3.8, 4) is 0 Å². The van der Waals surface area contributed by atoms with Crippen LogP contribution in [0.25, 0.3) is 0 Å². The van der Waals surface area contributed by atoms with Gasteiger partial charge in [0.1, 0.15) is 12.4 Å². The van der Waals surface area contributed by atoms with Crippen LogP contribution in [-0.2, 0) is 17.9 Å². The van der Waals surface area contributed by atoms with Gasteiger partial charge in [0.05, 0.1) is 16.6 Å². The van der Waals surface area contributed by atoms with Crippen molar-refractivity contribution in [2.45, 2.75) is 65.1 Å². The van der Waals surface area contributed by atoms with Crippen molar-refractivity contribution < 1.29 is 14.0 Å². The molecule has 5 nitrogen and oxygen atoms in total. The molecular formula is C31H36Cl2FN3O2. The third kappa shape index (κ3) is 7.86. The molecule has 1 aromatic heterocycles. The molecule has 2 amide bonds. The van der Waals surface area contributed by atoms with Gasteiger partial charge in [-0.15, -0.1) is 0 Å². The van der Waals surface area contributed by atoms with Crippen molar-refractivity contribution in [2.24, 2.45) is 5.92 Å². The largest absolute Gasteiger partial charge is 0.345 e. The van der Waals surface area contributed by atoms with Crippen LogP contribution in [0.4, 0.5) is 4.39 Å². The normalized spacial score (nSPS) is 14.0. The summed E-state index contributed by atoms with van der Waals surface area (Å²) < 4.78 is 15.5. The fourth-order valence-electron chi connectivity index (χ4n) is 5.25. The van der Waals surface area contributed by atoms with Gasteiger partial charge in [-0.25, -0.2) is 4.39 Å². The zero-order valence-electron chi connectivity index (χ0n) is 22.6. The predicted molar refractivity (Wildman–Crippen MR) is 155 cm³/mol. The lowest BCUT2D eigenvalue weighted by Crippen LogP contribution is -2.48. The van der Waals surface area contributed by atoms with Gasteiger partial charge in [-0.1, -0.05) is 68.4 Å². The smallest absolute Gasteiger partial charge is 0.254 e. The highest BCUT2D eigenvalue weighted by Gasteiger charge is 2.29. The maximum atomic E-state index is 14.0. The lowest BCUT2D eigenvalue weighted by atomic mass is 9.94. The molecule has 208 valence electrons. The summed E-state index contributed by atoms with van der Waals surface area (Å²) in [6.45, 7) is 5.54. The molecule has 0 spiro atoms. The number of aromatic nitrogens is 1. The van der Waals surface area contributed by atoms with E-state index in [0.29, 0.717) is 35.2 Å². The van der Waals surface area contributed by atoms with Gasteiger partial charge in [-0.3, -0.25) is 9.59 Å². The van der Waals surface area contributed by atoms with E-state index < -0.39 is 0 Å². The number of hydrogen-bond donors (Lipinski definition) is 0. The Bertz CT molecular complexity index is 1270. The molecule has 0 N–H and O–H groups in total. The van der Waals surface area contributed by atoms with E-state index in [1.54, 1.807) is 35.2 Å². The number of amides is 2. The van der Waals surface area contributed by atoms with Crippen molar-refractivity contribution in [3.63, 3.8) is 0 Å². The Kier molecular flexibility index (Phi) is 10.1. The Hall–Kier alpha value is -2.83. The van der Waals surface area contributed by atoms with Crippen LogP contribution in [0.1, 0.15) is 67.6 Å². The van der Waals surface area contributed by atoms with Gasteiger partial charge in [0.2, 0.25) is 5.91 Å². The van der Waals surface area contributed by atoms with Gasteiger partial charge >= 0.3 is 0 Å². The molecule has 0 radical (unpaired) electrons. The van der Waals surface area contributed by atoms with Crippen LogP contribution in [0.15, 0.2) is 60.8 Å². The molecule has 1 heterocycles. The molecule has 1 saturated carbocycles. The van der Waals surface area contributed by atoms with Crippen molar-refractivity contribution in [1.82, 2.24) is 14.4 Å². The summed E-state index contributed by atoms with van der Waals surface area (Å²) in [5, 5.41) is 0.691. The molecule has 3 aromatic rings. The number of nitrogens with zero attached hydrogens (tertiary/aromatic N) is 3. The minimum absolute atomic E-state index is 0.00751. The lowest BCUT2D eigenvalue weighted by Gasteiger charge is -2.36. The summed E-state index contributed by atoms with van der Waals surface area (Å²) >= 11 is 12.3. The first kappa shape index (κ1) is 29.2. The van der Waals surface area contributed by atoms with Gasteiger partial charge < -0.3 is 14.4 Å². The van der Waals surface area contributed by atoms with E-state index in [9.17, 15) is 14.0 Å². The second-order valence-corrected chi connectivity index (χ2v) is 11.6. The molecular weight excluding hydrogens is 536 g/mol. The molecule has 0 saturated heterocycles. The molecule has 1 aliphatic carbocycles. The summed E-state index contributed by atoms with van der Waals surface area (Å²) in [7, 11) is 0. The van der Waals surface area contributed by atoms with E-state index in [1.807, 2.05) is 37.1 Å². The second kappa shape index (κ2) is 13.5. The number of rotatable bonds is 10. The van der Waals surface area contributed by atoms with Gasteiger partial charge in [-0.2, -0.15) is 0 Å². The summed E-state index contributed by atoms with van der Waals surface area (Å²) in [6, 6.07) is 15.4. The minimum Gasteiger partial charge on any atom is -0.345 e. The van der Waals surface area contributed by atoms with Crippen molar-refractivity contribution in [2.75, 3.05) is 13.1 Å². The van der Waals surface area contributed by atoms with Crippen molar-refractivity contribution >= 4 is 35.0 Å². The van der Waals surface area contributed by atoms with E-state index >= 15 is 0 Å². The summed E-state index contributed by atoms with van der Waals surface area (Å²) in [6.07, 6.45) is 7.24. The molecule has 2 aromatic carbocycles. The Morgan fingerprint density at radius 1 is 1.00 bits per heavy atom. The monoisotopic (exact) mass is 571 g/mol. The maximum Gasteiger partial charge on any atom is 0.254 e.